The monoisotopic (exact) mass is 203 g/mol. The van der Waals surface area contributed by atoms with Crippen molar-refractivity contribution in [1.29, 1.82) is 0 Å². The Hall–Kier alpha value is -1.26. The summed E-state index contributed by atoms with van der Waals surface area (Å²) in [6.07, 6.45) is -1.39. The molecule has 0 saturated heterocycles. The van der Waals surface area contributed by atoms with Crippen LogP contribution in [0.1, 0.15) is 27.7 Å². The van der Waals surface area contributed by atoms with Gasteiger partial charge >= 0.3 is 12.2 Å². The van der Waals surface area contributed by atoms with Crippen molar-refractivity contribution in [2.24, 2.45) is 0 Å². The van der Waals surface area contributed by atoms with Crippen LogP contribution in [-0.4, -0.2) is 36.3 Å². The number of ether oxygens (including phenoxy) is 2. The summed E-state index contributed by atoms with van der Waals surface area (Å²) in [6.45, 7) is 7.09. The summed E-state index contributed by atoms with van der Waals surface area (Å²) in [7, 11) is 1.22. The Labute approximate surface area is 84.0 Å². The summed E-state index contributed by atoms with van der Waals surface area (Å²) in [6, 6.07) is 0. The van der Waals surface area contributed by atoms with Crippen LogP contribution in [0.5, 0.6) is 0 Å². The zero-order valence-electron chi connectivity index (χ0n) is 9.29. The first-order valence-electron chi connectivity index (χ1n) is 4.40. The number of carbonyl (C=O) groups excluding carboxylic acids is 2. The van der Waals surface area contributed by atoms with Crippen LogP contribution in [0.2, 0.25) is 0 Å². The number of hydrogen-bond acceptors (Lipinski definition) is 4. The highest BCUT2D eigenvalue weighted by Gasteiger charge is 2.26. The number of imide groups is 1. The van der Waals surface area contributed by atoms with Gasteiger partial charge in [0.25, 0.3) is 0 Å². The van der Waals surface area contributed by atoms with E-state index in [4.69, 9.17) is 4.74 Å². The molecule has 0 aromatic carbocycles. The van der Waals surface area contributed by atoms with Gasteiger partial charge in [-0.2, -0.15) is 0 Å². The molecule has 0 N–H and O–H groups in total. The van der Waals surface area contributed by atoms with Crippen LogP contribution in [0.4, 0.5) is 9.59 Å². The van der Waals surface area contributed by atoms with Crippen LogP contribution in [0.3, 0.4) is 0 Å². The Morgan fingerprint density at radius 3 is 2.00 bits per heavy atom. The van der Waals surface area contributed by atoms with Gasteiger partial charge in [-0.05, 0) is 27.7 Å². The van der Waals surface area contributed by atoms with Crippen LogP contribution in [0.15, 0.2) is 0 Å². The Morgan fingerprint density at radius 1 is 1.21 bits per heavy atom. The number of carbonyl (C=O) groups is 2. The lowest BCUT2D eigenvalue weighted by atomic mass is 10.2. The normalized spacial score (nSPS) is 10.6. The van der Waals surface area contributed by atoms with Crippen molar-refractivity contribution in [1.82, 2.24) is 4.90 Å². The fraction of sp³-hybridized carbons (Fsp3) is 0.778. The lowest BCUT2D eigenvalue weighted by Gasteiger charge is -2.24. The van der Waals surface area contributed by atoms with Crippen molar-refractivity contribution in [3.63, 3.8) is 0 Å². The first-order valence-corrected chi connectivity index (χ1v) is 4.40. The molecule has 0 saturated carbocycles. The van der Waals surface area contributed by atoms with E-state index >= 15 is 0 Å². The van der Waals surface area contributed by atoms with E-state index in [9.17, 15) is 9.59 Å². The minimum atomic E-state index is -0.707. The molecular weight excluding hydrogens is 186 g/mol. The van der Waals surface area contributed by atoms with Crippen molar-refractivity contribution in [3.05, 3.63) is 0 Å². The maximum Gasteiger partial charge on any atom is 0.419 e. The molecule has 0 atom stereocenters. The highest BCUT2D eigenvalue weighted by Crippen LogP contribution is 2.10. The quantitative estimate of drug-likeness (QED) is 0.654. The molecule has 14 heavy (non-hydrogen) atoms. The molecule has 0 aliphatic carbocycles. The lowest BCUT2D eigenvalue weighted by molar-refractivity contribution is 0.0256. The van der Waals surface area contributed by atoms with E-state index in [1.165, 1.54) is 7.11 Å². The second kappa shape index (κ2) is 4.83. The molecule has 0 bridgehead atoms. The molecule has 5 heteroatoms. The third kappa shape index (κ3) is 4.11. The van der Waals surface area contributed by atoms with E-state index < -0.39 is 17.8 Å². The van der Waals surface area contributed by atoms with Gasteiger partial charge in [0, 0.05) is 6.54 Å². The van der Waals surface area contributed by atoms with E-state index in [1.54, 1.807) is 27.7 Å². The van der Waals surface area contributed by atoms with Crippen LogP contribution in [0, 0.1) is 0 Å². The Kier molecular flexibility index (Phi) is 4.40. The van der Waals surface area contributed by atoms with Crippen molar-refractivity contribution in [3.8, 4) is 0 Å². The molecule has 0 radical (unpaired) electrons. The molecule has 0 rings (SSSR count). The van der Waals surface area contributed by atoms with Crippen molar-refractivity contribution >= 4 is 12.2 Å². The molecule has 0 spiro atoms. The second-order valence-corrected chi connectivity index (χ2v) is 3.69. The fourth-order valence-electron chi connectivity index (χ4n) is 0.760. The Bertz CT molecular complexity index is 219. The van der Waals surface area contributed by atoms with Gasteiger partial charge in [0.1, 0.15) is 5.60 Å². The van der Waals surface area contributed by atoms with E-state index in [2.05, 4.69) is 4.74 Å². The molecule has 0 fully saturated rings. The standard InChI is InChI=1S/C9H17NO4/c1-6-10(7(11)13-5)8(12)14-9(2,3)4/h6H2,1-5H3. The third-order valence-electron chi connectivity index (χ3n) is 1.33. The summed E-state index contributed by atoms with van der Waals surface area (Å²) in [5.74, 6) is 0. The van der Waals surface area contributed by atoms with E-state index in [0.717, 1.165) is 4.90 Å². The maximum absolute atomic E-state index is 11.4. The van der Waals surface area contributed by atoms with Gasteiger partial charge in [0.2, 0.25) is 0 Å². The van der Waals surface area contributed by atoms with Crippen LogP contribution >= 0.6 is 0 Å². The first-order chi connectivity index (χ1) is 6.31. The average Bonchev–Trinajstić information content (AvgIpc) is 2.01. The zero-order chi connectivity index (χ0) is 11.4. The van der Waals surface area contributed by atoms with Crippen LogP contribution in [0.25, 0.3) is 0 Å². The minimum Gasteiger partial charge on any atom is -0.452 e. The van der Waals surface area contributed by atoms with Gasteiger partial charge in [-0.25, -0.2) is 14.5 Å². The Morgan fingerprint density at radius 2 is 1.71 bits per heavy atom. The molecule has 0 aromatic heterocycles. The fourth-order valence-corrected chi connectivity index (χ4v) is 0.760. The van der Waals surface area contributed by atoms with Crippen LogP contribution in [-0.2, 0) is 9.47 Å². The summed E-state index contributed by atoms with van der Waals surface area (Å²) in [5.41, 5.74) is -0.613. The SMILES string of the molecule is CCN(C(=O)OC)C(=O)OC(C)(C)C. The van der Waals surface area contributed by atoms with E-state index in [0.29, 0.717) is 0 Å². The summed E-state index contributed by atoms with van der Waals surface area (Å²) < 4.78 is 9.42. The maximum atomic E-state index is 11.4. The topological polar surface area (TPSA) is 55.8 Å². The summed E-state index contributed by atoms with van der Waals surface area (Å²) in [4.78, 5) is 23.4. The third-order valence-corrected chi connectivity index (χ3v) is 1.33. The molecule has 82 valence electrons. The highest BCUT2D eigenvalue weighted by atomic mass is 16.6. The van der Waals surface area contributed by atoms with Crippen molar-refractivity contribution < 1.29 is 19.1 Å². The molecule has 5 nitrogen and oxygen atoms in total. The van der Waals surface area contributed by atoms with Gasteiger partial charge < -0.3 is 9.47 Å². The molecule has 0 aromatic rings. The largest absolute Gasteiger partial charge is 0.452 e. The molecule has 0 heterocycles. The van der Waals surface area contributed by atoms with E-state index in [-0.39, 0.29) is 6.54 Å². The minimum absolute atomic E-state index is 0.224. The second-order valence-electron chi connectivity index (χ2n) is 3.69. The average molecular weight is 203 g/mol. The molecular formula is C9H17NO4. The lowest BCUT2D eigenvalue weighted by Crippen LogP contribution is -2.40. The number of methoxy groups -OCH3 is 1. The smallest absolute Gasteiger partial charge is 0.419 e. The number of hydrogen-bond donors (Lipinski definition) is 0. The molecule has 0 unspecified atom stereocenters. The van der Waals surface area contributed by atoms with Gasteiger partial charge in [-0.1, -0.05) is 0 Å². The predicted octanol–water partition coefficient (Wildman–Crippen LogP) is 2.01. The predicted molar refractivity (Wildman–Crippen MR) is 51.0 cm³/mol. The van der Waals surface area contributed by atoms with Gasteiger partial charge in [-0.15, -0.1) is 0 Å². The number of nitrogens with zero attached hydrogens (tertiary/aromatic N) is 1. The van der Waals surface area contributed by atoms with Gasteiger partial charge in [0.05, 0.1) is 7.11 Å². The summed E-state index contributed by atoms with van der Waals surface area (Å²) in [5, 5.41) is 0. The molecule has 2 amide bonds. The highest BCUT2D eigenvalue weighted by molar-refractivity contribution is 5.87. The zero-order valence-corrected chi connectivity index (χ0v) is 9.29. The Balaban J connectivity index is 4.40. The molecule has 0 aliphatic heterocycles. The van der Waals surface area contributed by atoms with Crippen molar-refractivity contribution in [2.75, 3.05) is 13.7 Å². The number of amides is 2. The number of rotatable bonds is 1. The summed E-state index contributed by atoms with van der Waals surface area (Å²) >= 11 is 0. The van der Waals surface area contributed by atoms with Crippen molar-refractivity contribution in [2.45, 2.75) is 33.3 Å². The van der Waals surface area contributed by atoms with Crippen LogP contribution < -0.4 is 0 Å². The molecule has 0 aliphatic rings. The van der Waals surface area contributed by atoms with Gasteiger partial charge in [-0.3, -0.25) is 0 Å². The van der Waals surface area contributed by atoms with E-state index in [1.807, 2.05) is 0 Å². The first kappa shape index (κ1) is 12.7. The van der Waals surface area contributed by atoms with Gasteiger partial charge in [0.15, 0.2) is 0 Å².